The van der Waals surface area contributed by atoms with E-state index in [2.05, 4.69) is 6.07 Å². The van der Waals surface area contributed by atoms with Crippen molar-refractivity contribution in [2.75, 3.05) is 6.61 Å². The van der Waals surface area contributed by atoms with Crippen LogP contribution in [0.1, 0.15) is 31.9 Å². The van der Waals surface area contributed by atoms with Gasteiger partial charge in [-0.2, -0.15) is 0 Å². The summed E-state index contributed by atoms with van der Waals surface area (Å²) >= 11 is 0. The van der Waals surface area contributed by atoms with E-state index in [1.54, 1.807) is 17.0 Å². The number of carbonyl (C=O) groups excluding carboxylic acids is 1. The van der Waals surface area contributed by atoms with Crippen LogP contribution in [0, 0.1) is 5.82 Å². The SMILES string of the molecule is CC(C)(C)OC(=O)N1Cc2ccccc2C[C@H]1COc1cccc(F)c1. The number of ether oxygens (including phenoxy) is 2. The molecule has 26 heavy (non-hydrogen) atoms. The van der Waals surface area contributed by atoms with Gasteiger partial charge in [0.15, 0.2) is 0 Å². The van der Waals surface area contributed by atoms with Gasteiger partial charge in [-0.25, -0.2) is 9.18 Å². The lowest BCUT2D eigenvalue weighted by Crippen LogP contribution is -2.49. The van der Waals surface area contributed by atoms with Gasteiger partial charge >= 0.3 is 6.09 Å². The van der Waals surface area contributed by atoms with E-state index < -0.39 is 5.60 Å². The minimum absolute atomic E-state index is 0.178. The number of fused-ring (bicyclic) bond motifs is 1. The topological polar surface area (TPSA) is 38.8 Å². The second kappa shape index (κ2) is 7.36. The van der Waals surface area contributed by atoms with Gasteiger partial charge in [-0.1, -0.05) is 30.3 Å². The second-order valence-electron chi connectivity index (χ2n) is 7.50. The monoisotopic (exact) mass is 357 g/mol. The number of benzene rings is 2. The number of amides is 1. The van der Waals surface area contributed by atoms with E-state index in [1.165, 1.54) is 17.7 Å². The van der Waals surface area contributed by atoms with Crippen LogP contribution in [-0.4, -0.2) is 29.2 Å². The minimum atomic E-state index is -0.567. The van der Waals surface area contributed by atoms with Crippen LogP contribution in [0.25, 0.3) is 0 Å². The standard InChI is InChI=1S/C21H24FNO3/c1-21(2,3)26-20(24)23-13-16-8-5-4-7-15(16)11-18(23)14-25-19-10-6-9-17(22)12-19/h4-10,12,18H,11,13-14H2,1-3H3/t18-/m0/s1. The number of carbonyl (C=O) groups is 1. The third-order valence-corrected chi connectivity index (χ3v) is 4.22. The number of nitrogens with zero attached hydrogens (tertiary/aromatic N) is 1. The zero-order chi connectivity index (χ0) is 18.7. The molecule has 0 radical (unpaired) electrons. The van der Waals surface area contributed by atoms with Crippen LogP contribution in [0.5, 0.6) is 5.75 Å². The van der Waals surface area contributed by atoms with E-state index in [4.69, 9.17) is 9.47 Å². The molecule has 138 valence electrons. The van der Waals surface area contributed by atoms with Gasteiger partial charge in [-0.3, -0.25) is 4.90 Å². The van der Waals surface area contributed by atoms with Gasteiger partial charge in [-0.15, -0.1) is 0 Å². The fourth-order valence-corrected chi connectivity index (χ4v) is 3.02. The van der Waals surface area contributed by atoms with Crippen molar-refractivity contribution in [3.8, 4) is 5.75 Å². The number of hydrogen-bond acceptors (Lipinski definition) is 3. The lowest BCUT2D eigenvalue weighted by Gasteiger charge is -2.37. The van der Waals surface area contributed by atoms with Gasteiger partial charge in [0.1, 0.15) is 23.8 Å². The molecule has 1 aliphatic rings. The summed E-state index contributed by atoms with van der Waals surface area (Å²) in [6.07, 6.45) is 0.310. The predicted octanol–water partition coefficient (Wildman–Crippen LogP) is 4.57. The maximum atomic E-state index is 13.4. The van der Waals surface area contributed by atoms with Gasteiger partial charge < -0.3 is 9.47 Å². The van der Waals surface area contributed by atoms with Gasteiger partial charge in [-0.05, 0) is 50.5 Å². The summed E-state index contributed by atoms with van der Waals surface area (Å²) in [4.78, 5) is 14.4. The van der Waals surface area contributed by atoms with E-state index in [1.807, 2.05) is 39.0 Å². The van der Waals surface area contributed by atoms with Crippen LogP contribution in [0.3, 0.4) is 0 Å². The molecule has 0 unspecified atom stereocenters. The van der Waals surface area contributed by atoms with Gasteiger partial charge in [0.2, 0.25) is 0 Å². The Morgan fingerprint density at radius 3 is 2.58 bits per heavy atom. The third kappa shape index (κ3) is 4.54. The van der Waals surface area contributed by atoms with Crippen molar-refractivity contribution in [2.45, 2.75) is 45.4 Å². The molecule has 1 atom stereocenters. The molecule has 4 nitrogen and oxygen atoms in total. The molecule has 0 aromatic heterocycles. The average Bonchev–Trinajstić information content (AvgIpc) is 2.57. The molecule has 1 heterocycles. The van der Waals surface area contributed by atoms with Crippen molar-refractivity contribution >= 4 is 6.09 Å². The highest BCUT2D eigenvalue weighted by Crippen LogP contribution is 2.26. The van der Waals surface area contributed by atoms with Crippen LogP contribution in [0.15, 0.2) is 48.5 Å². The Morgan fingerprint density at radius 1 is 1.15 bits per heavy atom. The highest BCUT2D eigenvalue weighted by Gasteiger charge is 2.33. The van der Waals surface area contributed by atoms with Crippen LogP contribution in [0.4, 0.5) is 9.18 Å². The van der Waals surface area contributed by atoms with Crippen LogP contribution in [-0.2, 0) is 17.7 Å². The molecule has 0 bridgehead atoms. The Kier molecular flexibility index (Phi) is 5.16. The second-order valence-corrected chi connectivity index (χ2v) is 7.50. The summed E-state index contributed by atoms with van der Waals surface area (Å²) in [5, 5.41) is 0. The van der Waals surface area contributed by atoms with Crippen molar-refractivity contribution < 1.29 is 18.7 Å². The maximum absolute atomic E-state index is 13.4. The van der Waals surface area contributed by atoms with Crippen molar-refractivity contribution in [3.05, 3.63) is 65.5 Å². The van der Waals surface area contributed by atoms with Gasteiger partial charge in [0, 0.05) is 12.6 Å². The first-order valence-corrected chi connectivity index (χ1v) is 8.76. The molecule has 0 saturated carbocycles. The van der Waals surface area contributed by atoms with E-state index in [0.29, 0.717) is 18.7 Å². The van der Waals surface area contributed by atoms with Crippen LogP contribution >= 0.6 is 0 Å². The molecule has 3 rings (SSSR count). The van der Waals surface area contributed by atoms with Crippen LogP contribution < -0.4 is 4.74 Å². The van der Waals surface area contributed by atoms with E-state index in [-0.39, 0.29) is 24.6 Å². The Bertz CT molecular complexity index is 785. The predicted molar refractivity (Wildman–Crippen MR) is 97.6 cm³/mol. The average molecular weight is 357 g/mol. The molecule has 2 aromatic rings. The molecule has 0 fully saturated rings. The zero-order valence-electron chi connectivity index (χ0n) is 15.4. The Morgan fingerprint density at radius 2 is 1.88 bits per heavy atom. The molecule has 1 amide bonds. The summed E-state index contributed by atoms with van der Waals surface area (Å²) in [5.41, 5.74) is 1.74. The molecule has 0 spiro atoms. The first-order chi connectivity index (χ1) is 12.3. The molecular formula is C21H24FNO3. The fourth-order valence-electron chi connectivity index (χ4n) is 3.02. The number of hydrogen-bond donors (Lipinski definition) is 0. The van der Waals surface area contributed by atoms with Crippen molar-refractivity contribution in [3.63, 3.8) is 0 Å². The molecule has 0 aliphatic carbocycles. The Labute approximate surface area is 153 Å². The highest BCUT2D eigenvalue weighted by atomic mass is 19.1. The molecule has 5 heteroatoms. The smallest absolute Gasteiger partial charge is 0.410 e. The number of halogens is 1. The molecule has 0 saturated heterocycles. The quantitative estimate of drug-likeness (QED) is 0.808. The third-order valence-electron chi connectivity index (χ3n) is 4.22. The van der Waals surface area contributed by atoms with E-state index in [9.17, 15) is 9.18 Å². The summed E-state index contributed by atoms with van der Waals surface area (Å²) in [6.45, 7) is 6.29. The molecule has 1 aliphatic heterocycles. The van der Waals surface area contributed by atoms with Crippen LogP contribution in [0.2, 0.25) is 0 Å². The first-order valence-electron chi connectivity index (χ1n) is 8.76. The first kappa shape index (κ1) is 18.2. The van der Waals surface area contributed by atoms with Gasteiger partial charge in [0.25, 0.3) is 0 Å². The molecular weight excluding hydrogens is 333 g/mol. The Hall–Kier alpha value is -2.56. The molecule has 0 N–H and O–H groups in total. The number of rotatable bonds is 3. The normalized spacial score (nSPS) is 16.8. The lowest BCUT2D eigenvalue weighted by atomic mass is 9.94. The van der Waals surface area contributed by atoms with Gasteiger partial charge in [0.05, 0.1) is 6.04 Å². The summed E-state index contributed by atoms with van der Waals surface area (Å²) in [5.74, 6) is 0.105. The lowest BCUT2D eigenvalue weighted by molar-refractivity contribution is 0.00622. The van der Waals surface area contributed by atoms with E-state index >= 15 is 0 Å². The van der Waals surface area contributed by atoms with Crippen molar-refractivity contribution in [2.24, 2.45) is 0 Å². The summed E-state index contributed by atoms with van der Waals surface area (Å²) in [7, 11) is 0. The summed E-state index contributed by atoms with van der Waals surface area (Å²) in [6, 6.07) is 13.9. The van der Waals surface area contributed by atoms with E-state index in [0.717, 1.165) is 5.56 Å². The highest BCUT2D eigenvalue weighted by molar-refractivity contribution is 5.69. The zero-order valence-corrected chi connectivity index (χ0v) is 15.4. The maximum Gasteiger partial charge on any atom is 0.410 e. The van der Waals surface area contributed by atoms with Crippen molar-refractivity contribution in [1.82, 2.24) is 4.90 Å². The largest absolute Gasteiger partial charge is 0.491 e. The summed E-state index contributed by atoms with van der Waals surface area (Å²) < 4.78 is 24.7. The Balaban J connectivity index is 1.78. The molecule has 2 aromatic carbocycles. The minimum Gasteiger partial charge on any atom is -0.491 e. The fraction of sp³-hybridized carbons (Fsp3) is 0.381. The van der Waals surface area contributed by atoms with Crippen molar-refractivity contribution in [1.29, 1.82) is 0 Å².